The number of rotatable bonds is 2. The predicted molar refractivity (Wildman–Crippen MR) is 78.2 cm³/mol. The van der Waals surface area contributed by atoms with Crippen molar-refractivity contribution in [1.82, 2.24) is 14.8 Å². The van der Waals surface area contributed by atoms with Crippen LogP contribution in [0, 0.1) is 0 Å². The summed E-state index contributed by atoms with van der Waals surface area (Å²) in [7, 11) is 1.91. The van der Waals surface area contributed by atoms with Crippen molar-refractivity contribution < 1.29 is 0 Å². The topological polar surface area (TPSA) is 56.7 Å². The van der Waals surface area contributed by atoms with Crippen molar-refractivity contribution in [2.24, 2.45) is 7.05 Å². The zero-order valence-electron chi connectivity index (χ0n) is 9.82. The molecule has 3 rings (SSSR count). The van der Waals surface area contributed by atoms with Gasteiger partial charge in [0.05, 0.1) is 5.69 Å². The van der Waals surface area contributed by atoms with Crippen molar-refractivity contribution in [2.45, 2.75) is 18.8 Å². The lowest BCUT2D eigenvalue weighted by molar-refractivity contribution is 0.750. The highest BCUT2D eigenvalue weighted by Gasteiger charge is 2.29. The van der Waals surface area contributed by atoms with E-state index in [2.05, 4.69) is 41.9 Å². The Balaban J connectivity index is 2.14. The third-order valence-electron chi connectivity index (χ3n) is 3.06. The molecule has 1 fully saturated rings. The fraction of sp³-hybridized carbons (Fsp3) is 0.333. The normalized spacial score (nSPS) is 15.1. The number of benzene rings is 1. The van der Waals surface area contributed by atoms with Crippen LogP contribution in [0.1, 0.15) is 24.6 Å². The molecule has 1 aliphatic carbocycles. The zero-order chi connectivity index (χ0) is 12.9. The number of hydrogen-bond donors (Lipinski definition) is 1. The molecule has 1 saturated carbocycles. The molecule has 6 heteroatoms. The fourth-order valence-corrected chi connectivity index (χ4v) is 3.15. The summed E-state index contributed by atoms with van der Waals surface area (Å²) in [5.74, 6) is 2.29. The van der Waals surface area contributed by atoms with Crippen LogP contribution in [0.25, 0.3) is 11.4 Å². The molecule has 0 unspecified atom stereocenters. The summed E-state index contributed by atoms with van der Waals surface area (Å²) >= 11 is 6.93. The number of nitrogens with zero attached hydrogens (tertiary/aromatic N) is 3. The second-order valence-electron chi connectivity index (χ2n) is 4.54. The SMILES string of the molecule is Cn1nc(C2CC2)nc1-c1cc(Br)cc(Br)c1N. The van der Waals surface area contributed by atoms with Crippen LogP contribution < -0.4 is 5.73 Å². The number of nitrogens with two attached hydrogens (primary N) is 1. The highest BCUT2D eigenvalue weighted by atomic mass is 79.9. The third-order valence-corrected chi connectivity index (χ3v) is 4.17. The second kappa shape index (κ2) is 4.35. The minimum atomic E-state index is 0.543. The maximum atomic E-state index is 6.10. The van der Waals surface area contributed by atoms with Gasteiger partial charge in [-0.1, -0.05) is 15.9 Å². The molecule has 0 aliphatic heterocycles. The molecule has 0 atom stereocenters. The average Bonchev–Trinajstić information content (AvgIpc) is 3.08. The molecular formula is C12H12Br2N4. The van der Waals surface area contributed by atoms with Gasteiger partial charge in [0.15, 0.2) is 11.6 Å². The van der Waals surface area contributed by atoms with Gasteiger partial charge in [0, 0.05) is 27.5 Å². The van der Waals surface area contributed by atoms with Crippen LogP contribution in [-0.2, 0) is 7.05 Å². The highest BCUT2D eigenvalue weighted by molar-refractivity contribution is 9.11. The van der Waals surface area contributed by atoms with Crippen molar-refractivity contribution in [3.8, 4) is 11.4 Å². The molecule has 0 spiro atoms. The average molecular weight is 372 g/mol. The Kier molecular flexibility index (Phi) is 2.94. The van der Waals surface area contributed by atoms with Crippen molar-refractivity contribution in [2.75, 3.05) is 5.73 Å². The molecule has 4 nitrogen and oxygen atoms in total. The lowest BCUT2D eigenvalue weighted by Gasteiger charge is -2.07. The van der Waals surface area contributed by atoms with Gasteiger partial charge < -0.3 is 5.73 Å². The second-order valence-corrected chi connectivity index (χ2v) is 6.31. The fourth-order valence-electron chi connectivity index (χ4n) is 1.92. The number of nitrogen functional groups attached to an aromatic ring is 1. The first-order chi connectivity index (χ1) is 8.56. The standard InChI is InChI=1S/C12H12Br2N4/c1-18-12(16-11(17-18)6-2-3-6)8-4-7(13)5-9(14)10(8)15/h4-6H,2-3,15H2,1H3. The van der Waals surface area contributed by atoms with E-state index < -0.39 is 0 Å². The molecule has 2 N–H and O–H groups in total. The van der Waals surface area contributed by atoms with Crippen molar-refractivity contribution in [3.63, 3.8) is 0 Å². The van der Waals surface area contributed by atoms with E-state index in [1.807, 2.05) is 19.2 Å². The maximum Gasteiger partial charge on any atom is 0.160 e. The molecule has 2 aromatic rings. The van der Waals surface area contributed by atoms with Crippen molar-refractivity contribution in [3.05, 3.63) is 26.9 Å². The maximum absolute atomic E-state index is 6.10. The van der Waals surface area contributed by atoms with E-state index in [1.165, 1.54) is 12.8 Å². The number of halogens is 2. The summed E-state index contributed by atoms with van der Waals surface area (Å²) in [6, 6.07) is 3.90. The number of aromatic nitrogens is 3. The monoisotopic (exact) mass is 370 g/mol. The van der Waals surface area contributed by atoms with Crippen LogP contribution in [0.15, 0.2) is 21.1 Å². The van der Waals surface area contributed by atoms with Gasteiger partial charge in [-0.15, -0.1) is 0 Å². The van der Waals surface area contributed by atoms with Crippen LogP contribution in [-0.4, -0.2) is 14.8 Å². The van der Waals surface area contributed by atoms with Gasteiger partial charge in [-0.2, -0.15) is 5.10 Å². The summed E-state index contributed by atoms with van der Waals surface area (Å²) in [5, 5.41) is 4.47. The van der Waals surface area contributed by atoms with Gasteiger partial charge in [0.25, 0.3) is 0 Å². The molecule has 1 heterocycles. The van der Waals surface area contributed by atoms with E-state index in [9.17, 15) is 0 Å². The van der Waals surface area contributed by atoms with Crippen LogP contribution in [0.5, 0.6) is 0 Å². The molecule has 0 amide bonds. The Morgan fingerprint density at radius 1 is 1.33 bits per heavy atom. The van der Waals surface area contributed by atoms with E-state index in [0.29, 0.717) is 11.6 Å². The Morgan fingerprint density at radius 2 is 2.06 bits per heavy atom. The summed E-state index contributed by atoms with van der Waals surface area (Å²) in [4.78, 5) is 4.62. The Hall–Kier alpha value is -0.880. The molecule has 94 valence electrons. The van der Waals surface area contributed by atoms with Gasteiger partial charge in [-0.25, -0.2) is 9.67 Å². The van der Waals surface area contributed by atoms with Gasteiger partial charge in [-0.3, -0.25) is 0 Å². The molecule has 0 bridgehead atoms. The van der Waals surface area contributed by atoms with Crippen LogP contribution in [0.4, 0.5) is 5.69 Å². The number of anilines is 1. The predicted octanol–water partition coefficient (Wildman–Crippen LogP) is 3.47. The molecule has 1 aromatic heterocycles. The van der Waals surface area contributed by atoms with Gasteiger partial charge in [0.2, 0.25) is 0 Å². The summed E-state index contributed by atoms with van der Waals surface area (Å²) in [5.41, 5.74) is 7.70. The summed E-state index contributed by atoms with van der Waals surface area (Å²) in [6.07, 6.45) is 2.39. The van der Waals surface area contributed by atoms with Crippen LogP contribution >= 0.6 is 31.9 Å². The van der Waals surface area contributed by atoms with Gasteiger partial charge in [0.1, 0.15) is 0 Å². The van der Waals surface area contributed by atoms with E-state index >= 15 is 0 Å². The zero-order valence-corrected chi connectivity index (χ0v) is 13.0. The lowest BCUT2D eigenvalue weighted by atomic mass is 10.1. The summed E-state index contributed by atoms with van der Waals surface area (Å²) in [6.45, 7) is 0. The quantitative estimate of drug-likeness (QED) is 0.822. The van der Waals surface area contributed by atoms with E-state index in [0.717, 1.165) is 26.2 Å². The first-order valence-corrected chi connectivity index (χ1v) is 7.30. The number of hydrogen-bond acceptors (Lipinski definition) is 3. The van der Waals surface area contributed by atoms with E-state index in [-0.39, 0.29) is 0 Å². The van der Waals surface area contributed by atoms with E-state index in [1.54, 1.807) is 4.68 Å². The largest absolute Gasteiger partial charge is 0.397 e. The Labute approximate surface area is 122 Å². The summed E-state index contributed by atoms with van der Waals surface area (Å²) < 4.78 is 3.63. The molecule has 0 radical (unpaired) electrons. The van der Waals surface area contributed by atoms with Gasteiger partial charge in [-0.05, 0) is 40.9 Å². The van der Waals surface area contributed by atoms with Crippen LogP contribution in [0.2, 0.25) is 0 Å². The first kappa shape index (κ1) is 12.2. The number of aryl methyl sites for hydroxylation is 1. The van der Waals surface area contributed by atoms with Gasteiger partial charge >= 0.3 is 0 Å². The smallest absolute Gasteiger partial charge is 0.160 e. The molecule has 0 saturated heterocycles. The molecule has 18 heavy (non-hydrogen) atoms. The van der Waals surface area contributed by atoms with Crippen molar-refractivity contribution >= 4 is 37.5 Å². The lowest BCUT2D eigenvalue weighted by Crippen LogP contribution is -1.99. The first-order valence-electron chi connectivity index (χ1n) is 5.72. The van der Waals surface area contributed by atoms with Crippen LogP contribution in [0.3, 0.4) is 0 Å². The molecular weight excluding hydrogens is 360 g/mol. The Bertz CT molecular complexity index is 617. The van der Waals surface area contributed by atoms with Crippen molar-refractivity contribution in [1.29, 1.82) is 0 Å². The minimum absolute atomic E-state index is 0.543. The molecule has 1 aliphatic rings. The minimum Gasteiger partial charge on any atom is -0.397 e. The van der Waals surface area contributed by atoms with E-state index in [4.69, 9.17) is 5.73 Å². The third kappa shape index (κ3) is 2.07. The Morgan fingerprint density at radius 3 is 2.72 bits per heavy atom. The highest BCUT2D eigenvalue weighted by Crippen LogP contribution is 2.40. The molecule has 1 aromatic carbocycles.